The third-order valence-corrected chi connectivity index (χ3v) is 2.57. The molecule has 18 heavy (non-hydrogen) atoms. The standard InChI is InChI=1S/C12H8F2N4/c13-7-3-1-2-6(10(7)14)11-16-8-4-5-9(15)17-12(8)18-11/h1-5H,(H3,15,16,17,18). The topological polar surface area (TPSA) is 67.6 Å². The Hall–Kier alpha value is -2.50. The van der Waals surface area contributed by atoms with Crippen molar-refractivity contribution in [3.63, 3.8) is 0 Å². The van der Waals surface area contributed by atoms with E-state index in [1.165, 1.54) is 12.1 Å². The number of anilines is 1. The molecule has 0 amide bonds. The molecule has 0 unspecified atom stereocenters. The highest BCUT2D eigenvalue weighted by molar-refractivity contribution is 5.77. The van der Waals surface area contributed by atoms with E-state index in [1.54, 1.807) is 12.1 Å². The first-order valence-corrected chi connectivity index (χ1v) is 5.22. The van der Waals surface area contributed by atoms with Gasteiger partial charge in [0.2, 0.25) is 0 Å². The minimum atomic E-state index is -0.940. The Morgan fingerprint density at radius 3 is 2.72 bits per heavy atom. The number of H-pyrrole nitrogens is 1. The number of aromatic amines is 1. The molecule has 90 valence electrons. The molecule has 0 atom stereocenters. The second-order valence-electron chi connectivity index (χ2n) is 3.79. The van der Waals surface area contributed by atoms with E-state index >= 15 is 0 Å². The summed E-state index contributed by atoms with van der Waals surface area (Å²) in [6.07, 6.45) is 0. The number of benzene rings is 1. The van der Waals surface area contributed by atoms with Gasteiger partial charge in [-0.1, -0.05) is 6.07 Å². The molecule has 3 N–H and O–H groups in total. The second kappa shape index (κ2) is 3.76. The zero-order chi connectivity index (χ0) is 12.7. The maximum atomic E-state index is 13.6. The normalized spacial score (nSPS) is 11.0. The SMILES string of the molecule is Nc1ccc2[nH]c(-c3cccc(F)c3F)nc2n1. The number of nitrogen functional groups attached to an aromatic ring is 1. The van der Waals surface area contributed by atoms with E-state index in [0.717, 1.165) is 6.07 Å². The highest BCUT2D eigenvalue weighted by Crippen LogP contribution is 2.24. The fourth-order valence-corrected chi connectivity index (χ4v) is 1.72. The Bertz CT molecular complexity index is 736. The molecule has 0 bridgehead atoms. The van der Waals surface area contributed by atoms with E-state index in [2.05, 4.69) is 15.0 Å². The van der Waals surface area contributed by atoms with Crippen molar-refractivity contribution in [1.29, 1.82) is 0 Å². The first-order chi connectivity index (χ1) is 8.65. The predicted octanol–water partition coefficient (Wildman–Crippen LogP) is 2.49. The molecule has 0 aliphatic heterocycles. The molecule has 0 saturated heterocycles. The number of imidazole rings is 1. The fraction of sp³-hybridized carbons (Fsp3) is 0. The van der Waals surface area contributed by atoms with Crippen LogP contribution in [-0.2, 0) is 0 Å². The van der Waals surface area contributed by atoms with Crippen molar-refractivity contribution < 1.29 is 8.78 Å². The Morgan fingerprint density at radius 1 is 1.06 bits per heavy atom. The Morgan fingerprint density at radius 2 is 1.89 bits per heavy atom. The molecular formula is C12H8F2N4. The van der Waals surface area contributed by atoms with Crippen molar-refractivity contribution in [3.05, 3.63) is 42.0 Å². The lowest BCUT2D eigenvalue weighted by molar-refractivity contribution is 0.510. The molecular weight excluding hydrogens is 238 g/mol. The van der Waals surface area contributed by atoms with Crippen molar-refractivity contribution in [2.45, 2.75) is 0 Å². The van der Waals surface area contributed by atoms with Gasteiger partial charge in [0.1, 0.15) is 11.6 Å². The Labute approximate surface area is 100 Å². The summed E-state index contributed by atoms with van der Waals surface area (Å²) < 4.78 is 26.7. The monoisotopic (exact) mass is 246 g/mol. The number of hydrogen-bond donors (Lipinski definition) is 2. The Balaban J connectivity index is 2.22. The van der Waals surface area contributed by atoms with Crippen LogP contribution in [0.2, 0.25) is 0 Å². The predicted molar refractivity (Wildman–Crippen MR) is 63.7 cm³/mol. The van der Waals surface area contributed by atoms with Crippen LogP contribution < -0.4 is 5.73 Å². The van der Waals surface area contributed by atoms with Crippen molar-refractivity contribution in [2.24, 2.45) is 0 Å². The van der Waals surface area contributed by atoms with Gasteiger partial charge in [-0.25, -0.2) is 18.7 Å². The molecule has 3 aromatic rings. The lowest BCUT2D eigenvalue weighted by Gasteiger charge is -1.99. The first kappa shape index (κ1) is 10.6. The van der Waals surface area contributed by atoms with Gasteiger partial charge in [-0.2, -0.15) is 0 Å². The van der Waals surface area contributed by atoms with Gasteiger partial charge < -0.3 is 10.7 Å². The van der Waals surface area contributed by atoms with Crippen LogP contribution in [0.4, 0.5) is 14.6 Å². The van der Waals surface area contributed by atoms with Crippen molar-refractivity contribution in [3.8, 4) is 11.4 Å². The number of rotatable bonds is 1. The molecule has 4 nitrogen and oxygen atoms in total. The van der Waals surface area contributed by atoms with Crippen molar-refractivity contribution in [2.75, 3.05) is 5.73 Å². The number of hydrogen-bond acceptors (Lipinski definition) is 3. The maximum absolute atomic E-state index is 13.6. The van der Waals surface area contributed by atoms with Crippen LogP contribution in [0.25, 0.3) is 22.6 Å². The fourth-order valence-electron chi connectivity index (χ4n) is 1.72. The average Bonchev–Trinajstić information content (AvgIpc) is 2.75. The van der Waals surface area contributed by atoms with E-state index < -0.39 is 11.6 Å². The molecule has 3 rings (SSSR count). The van der Waals surface area contributed by atoms with Crippen LogP contribution >= 0.6 is 0 Å². The lowest BCUT2D eigenvalue weighted by atomic mass is 10.2. The lowest BCUT2D eigenvalue weighted by Crippen LogP contribution is -1.90. The molecule has 2 heterocycles. The summed E-state index contributed by atoms with van der Waals surface area (Å²) >= 11 is 0. The van der Waals surface area contributed by atoms with Gasteiger partial charge in [-0.3, -0.25) is 0 Å². The van der Waals surface area contributed by atoms with Crippen LogP contribution in [0.3, 0.4) is 0 Å². The molecule has 2 aromatic heterocycles. The number of aromatic nitrogens is 3. The number of pyridine rings is 1. The summed E-state index contributed by atoms with van der Waals surface area (Å²) in [6, 6.07) is 7.21. The van der Waals surface area contributed by atoms with E-state index in [4.69, 9.17) is 5.73 Å². The van der Waals surface area contributed by atoms with Gasteiger partial charge in [0.05, 0.1) is 11.1 Å². The summed E-state index contributed by atoms with van der Waals surface area (Å²) in [4.78, 5) is 11.0. The van der Waals surface area contributed by atoms with E-state index in [-0.39, 0.29) is 11.4 Å². The molecule has 0 radical (unpaired) electrons. The molecule has 1 aromatic carbocycles. The van der Waals surface area contributed by atoms with Gasteiger partial charge in [-0.05, 0) is 24.3 Å². The number of nitrogens with two attached hydrogens (primary N) is 1. The maximum Gasteiger partial charge on any atom is 0.180 e. The molecule has 0 spiro atoms. The minimum absolute atomic E-state index is 0.0616. The second-order valence-corrected chi connectivity index (χ2v) is 3.79. The molecule has 0 aliphatic carbocycles. The zero-order valence-electron chi connectivity index (χ0n) is 9.11. The molecule has 6 heteroatoms. The van der Waals surface area contributed by atoms with E-state index in [9.17, 15) is 8.78 Å². The summed E-state index contributed by atoms with van der Waals surface area (Å²) in [5, 5.41) is 0. The van der Waals surface area contributed by atoms with Crippen LogP contribution in [0.5, 0.6) is 0 Å². The van der Waals surface area contributed by atoms with E-state index in [1.807, 2.05) is 0 Å². The van der Waals surface area contributed by atoms with Gasteiger partial charge in [0.15, 0.2) is 17.3 Å². The van der Waals surface area contributed by atoms with Gasteiger partial charge >= 0.3 is 0 Å². The third-order valence-electron chi connectivity index (χ3n) is 2.57. The average molecular weight is 246 g/mol. The minimum Gasteiger partial charge on any atom is -0.384 e. The number of fused-ring (bicyclic) bond motifs is 1. The summed E-state index contributed by atoms with van der Waals surface area (Å²) in [5.74, 6) is -1.31. The number of nitrogens with one attached hydrogen (secondary N) is 1. The van der Waals surface area contributed by atoms with E-state index in [0.29, 0.717) is 17.0 Å². The first-order valence-electron chi connectivity index (χ1n) is 5.22. The summed E-state index contributed by atoms with van der Waals surface area (Å²) in [7, 11) is 0. The van der Waals surface area contributed by atoms with Crippen LogP contribution in [0, 0.1) is 11.6 Å². The highest BCUT2D eigenvalue weighted by atomic mass is 19.2. The highest BCUT2D eigenvalue weighted by Gasteiger charge is 2.13. The van der Waals surface area contributed by atoms with Crippen LogP contribution in [-0.4, -0.2) is 15.0 Å². The van der Waals surface area contributed by atoms with Crippen molar-refractivity contribution >= 4 is 17.0 Å². The number of nitrogens with zero attached hydrogens (tertiary/aromatic N) is 2. The van der Waals surface area contributed by atoms with Gasteiger partial charge in [0, 0.05) is 0 Å². The van der Waals surface area contributed by atoms with Crippen LogP contribution in [0.15, 0.2) is 30.3 Å². The summed E-state index contributed by atoms with van der Waals surface area (Å²) in [5.41, 5.74) is 6.57. The molecule has 0 saturated carbocycles. The summed E-state index contributed by atoms with van der Waals surface area (Å²) in [6.45, 7) is 0. The van der Waals surface area contributed by atoms with Gasteiger partial charge in [-0.15, -0.1) is 0 Å². The smallest absolute Gasteiger partial charge is 0.180 e. The third kappa shape index (κ3) is 1.58. The van der Waals surface area contributed by atoms with Crippen LogP contribution in [0.1, 0.15) is 0 Å². The van der Waals surface area contributed by atoms with Crippen molar-refractivity contribution in [1.82, 2.24) is 15.0 Å². The molecule has 0 aliphatic rings. The molecule has 0 fully saturated rings. The quantitative estimate of drug-likeness (QED) is 0.693. The zero-order valence-corrected chi connectivity index (χ0v) is 9.11. The Kier molecular flexibility index (Phi) is 2.22. The number of halogens is 2. The van der Waals surface area contributed by atoms with Gasteiger partial charge in [0.25, 0.3) is 0 Å². The largest absolute Gasteiger partial charge is 0.384 e.